The molecule has 0 unspecified atom stereocenters. The minimum atomic E-state index is -4.80. The van der Waals surface area contributed by atoms with Crippen molar-refractivity contribution < 1.29 is 35.9 Å². The van der Waals surface area contributed by atoms with Crippen LogP contribution in [0, 0.1) is 0 Å². The molecular formula is C18H17F3N2O5S. The number of ether oxygens (including phenoxy) is 2. The highest BCUT2D eigenvalue weighted by atomic mass is 32.2. The van der Waals surface area contributed by atoms with Gasteiger partial charge in [0.1, 0.15) is 16.4 Å². The van der Waals surface area contributed by atoms with Crippen LogP contribution >= 0.6 is 0 Å². The summed E-state index contributed by atoms with van der Waals surface area (Å²) in [5, 5.41) is 2.46. The van der Waals surface area contributed by atoms with Crippen LogP contribution in [0.2, 0.25) is 0 Å². The van der Waals surface area contributed by atoms with Crippen LogP contribution < -0.4 is 19.5 Å². The number of nitrogens with one attached hydrogen (secondary N) is 2. The molecule has 2 aromatic rings. The number of rotatable bonds is 7. The fourth-order valence-corrected chi connectivity index (χ4v) is 3.14. The summed E-state index contributed by atoms with van der Waals surface area (Å²) in [5.74, 6) is -0.840. The highest BCUT2D eigenvalue weighted by molar-refractivity contribution is 7.89. The summed E-state index contributed by atoms with van der Waals surface area (Å²) in [5.41, 5.74) is 0.672. The van der Waals surface area contributed by atoms with Gasteiger partial charge in [-0.25, -0.2) is 13.1 Å². The van der Waals surface area contributed by atoms with Crippen molar-refractivity contribution in [2.24, 2.45) is 0 Å². The lowest BCUT2D eigenvalue weighted by Gasteiger charge is -2.10. The SMILES string of the molecule is CNS(=O)(=O)c1cc(/C=C/C(=O)Nc2ccc(OC(F)(F)F)cc2)ccc1OC. The second-order valence-electron chi connectivity index (χ2n) is 5.51. The van der Waals surface area contributed by atoms with Crippen LogP contribution in [-0.4, -0.2) is 34.8 Å². The van der Waals surface area contributed by atoms with E-state index in [0.29, 0.717) is 5.56 Å². The van der Waals surface area contributed by atoms with E-state index in [4.69, 9.17) is 4.74 Å². The predicted octanol–water partition coefficient (Wildman–Crippen LogP) is 3.15. The fourth-order valence-electron chi connectivity index (χ4n) is 2.21. The van der Waals surface area contributed by atoms with E-state index in [1.54, 1.807) is 6.07 Å². The van der Waals surface area contributed by atoms with E-state index in [2.05, 4.69) is 14.8 Å². The standard InChI is InChI=1S/C18H17F3N2O5S/c1-22-29(25,26)16-11-12(3-9-15(16)27-2)4-10-17(24)23-13-5-7-14(8-6-13)28-18(19,20)21/h3-11,22H,1-2H3,(H,23,24)/b10-4+. The number of methoxy groups -OCH3 is 1. The number of carbonyl (C=O) groups is 1. The zero-order valence-electron chi connectivity index (χ0n) is 15.3. The fraction of sp³-hybridized carbons (Fsp3) is 0.167. The van der Waals surface area contributed by atoms with Crippen molar-refractivity contribution in [3.63, 3.8) is 0 Å². The van der Waals surface area contributed by atoms with Crippen molar-refractivity contribution in [1.29, 1.82) is 0 Å². The summed E-state index contributed by atoms with van der Waals surface area (Å²) >= 11 is 0. The van der Waals surface area contributed by atoms with Gasteiger partial charge in [0.05, 0.1) is 7.11 Å². The Balaban J connectivity index is 2.10. The molecule has 7 nitrogen and oxygen atoms in total. The molecule has 0 aliphatic carbocycles. The second kappa shape index (κ2) is 8.97. The molecule has 156 valence electrons. The summed E-state index contributed by atoms with van der Waals surface area (Å²) in [4.78, 5) is 11.9. The van der Waals surface area contributed by atoms with Crippen LogP contribution in [0.5, 0.6) is 11.5 Å². The number of carbonyl (C=O) groups excluding carboxylic acids is 1. The van der Waals surface area contributed by atoms with Crippen LogP contribution in [0.4, 0.5) is 18.9 Å². The van der Waals surface area contributed by atoms with Crippen molar-refractivity contribution in [2.45, 2.75) is 11.3 Å². The van der Waals surface area contributed by atoms with Gasteiger partial charge in [0.15, 0.2) is 0 Å². The van der Waals surface area contributed by atoms with Gasteiger partial charge in [0, 0.05) is 11.8 Å². The summed E-state index contributed by atoms with van der Waals surface area (Å²) in [6, 6.07) is 8.95. The molecule has 0 saturated carbocycles. The predicted molar refractivity (Wildman–Crippen MR) is 100 cm³/mol. The second-order valence-corrected chi connectivity index (χ2v) is 7.37. The summed E-state index contributed by atoms with van der Waals surface area (Å²) in [6.45, 7) is 0. The third kappa shape index (κ3) is 6.50. The van der Waals surface area contributed by atoms with Gasteiger partial charge in [-0.05, 0) is 55.1 Å². The molecule has 0 aliphatic rings. The molecule has 0 spiro atoms. The maximum absolute atomic E-state index is 12.1. The van der Waals surface area contributed by atoms with Gasteiger partial charge >= 0.3 is 6.36 Å². The number of hydrogen-bond donors (Lipinski definition) is 2. The van der Waals surface area contributed by atoms with Crippen molar-refractivity contribution in [1.82, 2.24) is 4.72 Å². The quantitative estimate of drug-likeness (QED) is 0.659. The lowest BCUT2D eigenvalue weighted by Crippen LogP contribution is -2.19. The number of amides is 1. The Morgan fingerprint density at radius 1 is 1.10 bits per heavy atom. The smallest absolute Gasteiger partial charge is 0.495 e. The molecule has 0 atom stereocenters. The van der Waals surface area contributed by atoms with Gasteiger partial charge in [-0.15, -0.1) is 13.2 Å². The number of alkyl halides is 3. The first kappa shape index (κ1) is 22.2. The number of benzene rings is 2. The molecule has 0 heterocycles. The first-order chi connectivity index (χ1) is 13.5. The molecule has 0 bridgehead atoms. The van der Waals surface area contributed by atoms with Gasteiger partial charge in [0.25, 0.3) is 0 Å². The van der Waals surface area contributed by atoms with E-state index in [1.807, 2.05) is 0 Å². The number of anilines is 1. The topological polar surface area (TPSA) is 93.7 Å². The van der Waals surface area contributed by atoms with Crippen molar-refractivity contribution in [3.05, 3.63) is 54.1 Å². The maximum Gasteiger partial charge on any atom is 0.573 e. The van der Waals surface area contributed by atoms with Gasteiger partial charge in [-0.2, -0.15) is 0 Å². The Kier molecular flexibility index (Phi) is 6.88. The third-order valence-electron chi connectivity index (χ3n) is 3.53. The minimum absolute atomic E-state index is 0.0923. The molecular weight excluding hydrogens is 413 g/mol. The molecule has 1 amide bonds. The Hall–Kier alpha value is -3.05. The highest BCUT2D eigenvalue weighted by Gasteiger charge is 2.30. The van der Waals surface area contributed by atoms with Gasteiger partial charge in [-0.3, -0.25) is 4.79 Å². The largest absolute Gasteiger partial charge is 0.573 e. The van der Waals surface area contributed by atoms with E-state index >= 15 is 0 Å². The third-order valence-corrected chi connectivity index (χ3v) is 4.96. The van der Waals surface area contributed by atoms with Crippen molar-refractivity contribution in [2.75, 3.05) is 19.5 Å². The van der Waals surface area contributed by atoms with Crippen LogP contribution in [0.3, 0.4) is 0 Å². The maximum atomic E-state index is 12.1. The lowest BCUT2D eigenvalue weighted by molar-refractivity contribution is -0.274. The van der Waals surface area contributed by atoms with Gasteiger partial charge in [-0.1, -0.05) is 6.07 Å². The van der Waals surface area contributed by atoms with E-state index in [9.17, 15) is 26.4 Å². The highest BCUT2D eigenvalue weighted by Crippen LogP contribution is 2.26. The Morgan fingerprint density at radius 3 is 2.31 bits per heavy atom. The summed E-state index contributed by atoms with van der Waals surface area (Å²) < 4.78 is 71.5. The van der Waals surface area contributed by atoms with Gasteiger partial charge < -0.3 is 14.8 Å². The molecule has 2 aromatic carbocycles. The molecule has 2 N–H and O–H groups in total. The Labute approximate surface area is 165 Å². The van der Waals surface area contributed by atoms with E-state index < -0.39 is 28.0 Å². The molecule has 0 aliphatic heterocycles. The van der Waals surface area contributed by atoms with Crippen LogP contribution in [0.1, 0.15) is 5.56 Å². The average Bonchev–Trinajstić information content (AvgIpc) is 2.66. The zero-order valence-corrected chi connectivity index (χ0v) is 16.1. The molecule has 0 radical (unpaired) electrons. The minimum Gasteiger partial charge on any atom is -0.495 e. The molecule has 29 heavy (non-hydrogen) atoms. The van der Waals surface area contributed by atoms with E-state index in [1.165, 1.54) is 44.5 Å². The molecule has 0 fully saturated rings. The molecule has 0 aromatic heterocycles. The number of hydrogen-bond acceptors (Lipinski definition) is 5. The monoisotopic (exact) mass is 430 g/mol. The number of sulfonamides is 1. The van der Waals surface area contributed by atoms with Crippen molar-refractivity contribution in [3.8, 4) is 11.5 Å². The van der Waals surface area contributed by atoms with Crippen molar-refractivity contribution >= 4 is 27.7 Å². The zero-order chi connectivity index (χ0) is 21.7. The average molecular weight is 430 g/mol. The normalized spacial score (nSPS) is 12.0. The van der Waals surface area contributed by atoms with E-state index in [0.717, 1.165) is 18.2 Å². The Morgan fingerprint density at radius 2 is 1.76 bits per heavy atom. The molecule has 0 saturated heterocycles. The first-order valence-electron chi connectivity index (χ1n) is 8.00. The molecule has 2 rings (SSSR count). The van der Waals surface area contributed by atoms with E-state index in [-0.39, 0.29) is 16.3 Å². The Bertz CT molecular complexity index is 1000. The van der Waals surface area contributed by atoms with Crippen LogP contribution in [0.25, 0.3) is 6.08 Å². The van der Waals surface area contributed by atoms with Crippen LogP contribution in [-0.2, 0) is 14.8 Å². The summed E-state index contributed by atoms with van der Waals surface area (Å²) in [7, 11) is -1.18. The summed E-state index contributed by atoms with van der Waals surface area (Å²) in [6.07, 6.45) is -2.27. The lowest BCUT2D eigenvalue weighted by atomic mass is 10.2. The number of halogens is 3. The molecule has 11 heteroatoms. The first-order valence-corrected chi connectivity index (χ1v) is 9.49. The van der Waals surface area contributed by atoms with Crippen LogP contribution in [0.15, 0.2) is 53.4 Å². The van der Waals surface area contributed by atoms with Gasteiger partial charge in [0.2, 0.25) is 15.9 Å².